The highest BCUT2D eigenvalue weighted by Gasteiger charge is 2.27. The van der Waals surface area contributed by atoms with Crippen LogP contribution in [0.1, 0.15) is 62.3 Å². The van der Waals surface area contributed by atoms with E-state index in [0.717, 1.165) is 0 Å². The SMILES string of the molecule is CC(C)(C)P1C#CP(C(C)(C)C)C#CP(C(C)(C)C)C#C1. The maximum absolute atomic E-state index is 3.51. The Morgan fingerprint density at radius 3 is 0.619 bits per heavy atom. The molecule has 3 heteroatoms. The van der Waals surface area contributed by atoms with Crippen LogP contribution in [0.2, 0.25) is 0 Å². The lowest BCUT2D eigenvalue weighted by Gasteiger charge is -2.23. The summed E-state index contributed by atoms with van der Waals surface area (Å²) in [6, 6.07) is 0. The Kier molecular flexibility index (Phi) is 5.99. The van der Waals surface area contributed by atoms with Gasteiger partial charge in [-0.3, -0.25) is 0 Å². The molecular formula is C18H27P3. The summed E-state index contributed by atoms with van der Waals surface area (Å²) in [6.07, 6.45) is 0. The molecule has 0 amide bonds. The van der Waals surface area contributed by atoms with E-state index in [1.165, 1.54) is 0 Å². The molecule has 0 N–H and O–H groups in total. The van der Waals surface area contributed by atoms with Crippen molar-refractivity contribution in [3.05, 3.63) is 0 Å². The van der Waals surface area contributed by atoms with E-state index < -0.39 is 23.8 Å². The smallest absolute Gasteiger partial charge is 0.0564 e. The van der Waals surface area contributed by atoms with Gasteiger partial charge in [0, 0.05) is 15.5 Å². The first-order valence-electron chi connectivity index (χ1n) is 7.26. The fourth-order valence-electron chi connectivity index (χ4n) is 1.39. The second kappa shape index (κ2) is 6.61. The predicted octanol–water partition coefficient (Wildman–Crippen LogP) is 6.60. The summed E-state index contributed by atoms with van der Waals surface area (Å²) in [5.74, 6) is 0. The zero-order valence-electron chi connectivity index (χ0n) is 14.8. The van der Waals surface area contributed by atoms with Crippen LogP contribution in [0.5, 0.6) is 0 Å². The quantitative estimate of drug-likeness (QED) is 0.345. The van der Waals surface area contributed by atoms with Crippen LogP contribution in [0.25, 0.3) is 0 Å². The van der Waals surface area contributed by atoms with Crippen LogP contribution in [0.4, 0.5) is 0 Å². The van der Waals surface area contributed by atoms with E-state index in [1.807, 2.05) is 0 Å². The Hall–Kier alpha value is -0.0300. The molecule has 0 spiro atoms. The summed E-state index contributed by atoms with van der Waals surface area (Å²) in [5.41, 5.74) is 21.0. The van der Waals surface area contributed by atoms with Crippen molar-refractivity contribution in [2.24, 2.45) is 0 Å². The van der Waals surface area contributed by atoms with Gasteiger partial charge in [0.15, 0.2) is 0 Å². The van der Waals surface area contributed by atoms with Crippen LogP contribution in [-0.4, -0.2) is 15.5 Å². The zero-order valence-corrected chi connectivity index (χ0v) is 17.5. The van der Waals surface area contributed by atoms with Crippen LogP contribution in [0, 0.1) is 34.0 Å². The second-order valence-electron chi connectivity index (χ2n) is 8.19. The molecule has 0 fully saturated rings. The fourth-order valence-corrected chi connectivity index (χ4v) is 5.97. The Morgan fingerprint density at radius 2 is 0.524 bits per heavy atom. The Labute approximate surface area is 135 Å². The predicted molar refractivity (Wildman–Crippen MR) is 103 cm³/mol. The van der Waals surface area contributed by atoms with Crippen LogP contribution < -0.4 is 0 Å². The average molecular weight is 336 g/mol. The minimum atomic E-state index is -0.591. The van der Waals surface area contributed by atoms with Crippen LogP contribution in [0.15, 0.2) is 0 Å². The first kappa shape index (κ1) is 19.0. The highest BCUT2D eigenvalue weighted by Crippen LogP contribution is 2.56. The van der Waals surface area contributed by atoms with Crippen molar-refractivity contribution >= 4 is 23.8 Å². The molecule has 114 valence electrons. The molecule has 0 aromatic carbocycles. The molecule has 0 radical (unpaired) electrons. The molecule has 0 nitrogen and oxygen atoms in total. The van der Waals surface area contributed by atoms with E-state index >= 15 is 0 Å². The molecule has 0 aromatic heterocycles. The largest absolute Gasteiger partial charge is 0.0568 e. The Balaban J connectivity index is 3.36. The van der Waals surface area contributed by atoms with Gasteiger partial charge >= 0.3 is 0 Å². The van der Waals surface area contributed by atoms with Gasteiger partial charge in [0.25, 0.3) is 0 Å². The standard InChI is InChI=1S/C18H27P3/c1-16(2,3)19-10-12-20(17(4,5)6)14-15-21(13-11-19)18(7,8)9/h1-9H3. The maximum atomic E-state index is 3.51. The van der Waals surface area contributed by atoms with E-state index in [9.17, 15) is 0 Å². The number of hydrogen-bond acceptors (Lipinski definition) is 0. The third kappa shape index (κ3) is 5.93. The molecule has 0 saturated carbocycles. The monoisotopic (exact) mass is 336 g/mol. The van der Waals surface area contributed by atoms with Gasteiger partial charge in [0.1, 0.15) is 0 Å². The van der Waals surface area contributed by atoms with Crippen LogP contribution in [0.3, 0.4) is 0 Å². The molecule has 21 heavy (non-hydrogen) atoms. The van der Waals surface area contributed by atoms with Crippen molar-refractivity contribution in [1.82, 2.24) is 0 Å². The topological polar surface area (TPSA) is 0 Å². The van der Waals surface area contributed by atoms with Gasteiger partial charge in [-0.15, -0.1) is 0 Å². The van der Waals surface area contributed by atoms with Crippen molar-refractivity contribution in [3.8, 4) is 34.0 Å². The molecule has 1 heterocycles. The first-order chi connectivity index (χ1) is 9.32. The van der Waals surface area contributed by atoms with E-state index in [1.54, 1.807) is 0 Å². The zero-order chi connectivity index (χ0) is 16.5. The minimum absolute atomic E-state index is 0.150. The van der Waals surface area contributed by atoms with Crippen molar-refractivity contribution in [3.63, 3.8) is 0 Å². The number of rotatable bonds is 0. The van der Waals surface area contributed by atoms with E-state index in [4.69, 9.17) is 0 Å². The molecule has 0 unspecified atom stereocenters. The van der Waals surface area contributed by atoms with Gasteiger partial charge < -0.3 is 0 Å². The molecule has 1 rings (SSSR count). The van der Waals surface area contributed by atoms with Crippen molar-refractivity contribution in [1.29, 1.82) is 0 Å². The highest BCUT2D eigenvalue weighted by molar-refractivity contribution is 7.76. The third-order valence-electron chi connectivity index (χ3n) is 2.83. The van der Waals surface area contributed by atoms with Crippen LogP contribution >= 0.6 is 23.8 Å². The van der Waals surface area contributed by atoms with E-state index in [0.29, 0.717) is 0 Å². The van der Waals surface area contributed by atoms with E-state index in [2.05, 4.69) is 96.3 Å². The maximum Gasteiger partial charge on any atom is 0.0564 e. The average Bonchev–Trinajstić information content (AvgIpc) is 2.34. The summed E-state index contributed by atoms with van der Waals surface area (Å²) in [4.78, 5) is 0. The molecule has 0 atom stereocenters. The van der Waals surface area contributed by atoms with Gasteiger partial charge in [0.05, 0.1) is 23.8 Å². The Morgan fingerprint density at radius 1 is 0.381 bits per heavy atom. The Bertz CT molecular complexity index is 453. The van der Waals surface area contributed by atoms with E-state index in [-0.39, 0.29) is 15.5 Å². The molecule has 1 aliphatic rings. The summed E-state index contributed by atoms with van der Waals surface area (Å²) in [5, 5.41) is 0.451. The lowest BCUT2D eigenvalue weighted by molar-refractivity contribution is 0.793. The van der Waals surface area contributed by atoms with Gasteiger partial charge in [-0.05, 0) is 0 Å². The highest BCUT2D eigenvalue weighted by atomic mass is 31.1. The molecule has 0 aliphatic carbocycles. The normalized spacial score (nSPS) is 25.9. The molecule has 0 saturated heterocycles. The lowest BCUT2D eigenvalue weighted by Crippen LogP contribution is -2.10. The van der Waals surface area contributed by atoms with Crippen molar-refractivity contribution in [2.45, 2.75) is 77.8 Å². The lowest BCUT2D eigenvalue weighted by atomic mass is 10.3. The van der Waals surface area contributed by atoms with Gasteiger partial charge in [-0.2, -0.15) is 0 Å². The van der Waals surface area contributed by atoms with Crippen LogP contribution in [-0.2, 0) is 0 Å². The molecule has 0 bridgehead atoms. The molecule has 0 aromatic rings. The minimum Gasteiger partial charge on any atom is -0.0568 e. The summed E-state index contributed by atoms with van der Waals surface area (Å²) in [7, 11) is -1.77. The van der Waals surface area contributed by atoms with Crippen molar-refractivity contribution < 1.29 is 0 Å². The van der Waals surface area contributed by atoms with Gasteiger partial charge in [0.2, 0.25) is 0 Å². The summed E-state index contributed by atoms with van der Waals surface area (Å²) >= 11 is 0. The molecular weight excluding hydrogens is 309 g/mol. The third-order valence-corrected chi connectivity index (χ3v) is 9.40. The van der Waals surface area contributed by atoms with Gasteiger partial charge in [-0.25, -0.2) is 0 Å². The molecule has 1 aliphatic heterocycles. The summed E-state index contributed by atoms with van der Waals surface area (Å²) < 4.78 is 0. The summed E-state index contributed by atoms with van der Waals surface area (Å²) in [6.45, 7) is 20.2. The second-order valence-corrected chi connectivity index (χ2v) is 15.6. The van der Waals surface area contributed by atoms with Gasteiger partial charge in [-0.1, -0.05) is 96.3 Å². The fraction of sp³-hybridized carbons (Fsp3) is 0.667. The van der Waals surface area contributed by atoms with Crippen molar-refractivity contribution in [2.75, 3.05) is 0 Å². The first-order valence-corrected chi connectivity index (χ1v) is 11.3. The number of hydrogen-bond donors (Lipinski definition) is 0.